The maximum absolute atomic E-state index is 6.13. The van der Waals surface area contributed by atoms with Crippen molar-refractivity contribution in [1.82, 2.24) is 25.0 Å². The number of H-pyrrole nitrogens is 1. The number of nitrogens with one attached hydrogen (secondary N) is 1. The molecule has 0 bridgehead atoms. The molecular formula is C28H39N5O. The molecule has 1 aliphatic carbocycles. The smallest absolute Gasteiger partial charge is 0.221 e. The van der Waals surface area contributed by atoms with Crippen molar-refractivity contribution >= 4 is 10.9 Å². The number of fused-ring (bicyclic) bond motifs is 1. The zero-order valence-electron chi connectivity index (χ0n) is 21.1. The van der Waals surface area contributed by atoms with Gasteiger partial charge in [0.15, 0.2) is 0 Å². The number of rotatable bonds is 7. The fraction of sp³-hybridized carbons (Fsp3) is 0.571. The maximum atomic E-state index is 6.13. The molecule has 5 rings (SSSR count). The monoisotopic (exact) mass is 461 g/mol. The summed E-state index contributed by atoms with van der Waals surface area (Å²) in [4.78, 5) is 8.44. The fourth-order valence-corrected chi connectivity index (χ4v) is 5.91. The normalized spacial score (nSPS) is 24.7. The van der Waals surface area contributed by atoms with Crippen LogP contribution in [0.1, 0.15) is 44.5 Å². The van der Waals surface area contributed by atoms with Crippen LogP contribution in [0.4, 0.5) is 0 Å². The van der Waals surface area contributed by atoms with Crippen molar-refractivity contribution in [3.8, 4) is 0 Å². The van der Waals surface area contributed by atoms with Crippen molar-refractivity contribution in [3.05, 3.63) is 59.5 Å². The lowest BCUT2D eigenvalue weighted by Crippen LogP contribution is -2.47. The van der Waals surface area contributed by atoms with Crippen LogP contribution in [-0.2, 0) is 12.8 Å². The predicted molar refractivity (Wildman–Crippen MR) is 137 cm³/mol. The summed E-state index contributed by atoms with van der Waals surface area (Å²) in [5, 5.41) is 10.0. The van der Waals surface area contributed by atoms with Gasteiger partial charge in [-0.15, -0.1) is 10.2 Å². The van der Waals surface area contributed by atoms with Gasteiger partial charge in [0.25, 0.3) is 0 Å². The number of aromatic amines is 1. The molecule has 6 nitrogen and oxygen atoms in total. The van der Waals surface area contributed by atoms with Gasteiger partial charge in [0.1, 0.15) is 0 Å². The van der Waals surface area contributed by atoms with Crippen LogP contribution in [0.3, 0.4) is 0 Å². The summed E-state index contributed by atoms with van der Waals surface area (Å²) >= 11 is 0. The molecule has 1 aliphatic heterocycles. The van der Waals surface area contributed by atoms with Crippen molar-refractivity contribution in [2.24, 2.45) is 23.7 Å². The van der Waals surface area contributed by atoms with Gasteiger partial charge in [-0.25, -0.2) is 0 Å². The van der Waals surface area contributed by atoms with Gasteiger partial charge >= 0.3 is 0 Å². The molecule has 6 heteroatoms. The molecule has 3 heterocycles. The Kier molecular flexibility index (Phi) is 6.89. The molecule has 0 unspecified atom stereocenters. The zero-order valence-corrected chi connectivity index (χ0v) is 21.1. The Morgan fingerprint density at radius 2 is 1.85 bits per heavy atom. The standard InChI is InChI=1S/C28H39N5O/c1-19(2)25-14-21(20(3)13-23(25)18-33-11-9-32(4)10-12-33)15-27-30-31-28(34-27)16-22-17-29-26-8-6-5-7-24(22)26/h5-8,13,17,19,21,23,25,29H,9-12,14-16,18H2,1-4H3/t21-,23-,25-/m0/s1. The Bertz CT molecular complexity index is 1120. The van der Waals surface area contributed by atoms with Gasteiger partial charge in [-0.1, -0.05) is 43.7 Å². The molecule has 0 amide bonds. The van der Waals surface area contributed by atoms with Gasteiger partial charge in [0, 0.05) is 56.2 Å². The number of para-hydroxylation sites is 1. The van der Waals surface area contributed by atoms with E-state index in [9.17, 15) is 0 Å². The Morgan fingerprint density at radius 1 is 1.09 bits per heavy atom. The van der Waals surface area contributed by atoms with Crippen LogP contribution >= 0.6 is 0 Å². The molecule has 34 heavy (non-hydrogen) atoms. The van der Waals surface area contributed by atoms with Crippen molar-refractivity contribution in [2.45, 2.75) is 40.0 Å². The van der Waals surface area contributed by atoms with Crippen LogP contribution in [0.25, 0.3) is 10.9 Å². The number of likely N-dealkylation sites (N-methyl/N-ethyl adjacent to an activating group) is 1. The number of allylic oxidation sites excluding steroid dienone is 1. The second kappa shape index (κ2) is 10.0. The highest BCUT2D eigenvalue weighted by molar-refractivity contribution is 5.83. The van der Waals surface area contributed by atoms with Crippen molar-refractivity contribution in [1.29, 1.82) is 0 Å². The summed E-state index contributed by atoms with van der Waals surface area (Å²) in [7, 11) is 2.23. The Balaban J connectivity index is 1.25. The molecule has 1 saturated heterocycles. The molecule has 0 radical (unpaired) electrons. The molecule has 2 aromatic heterocycles. The van der Waals surface area contributed by atoms with Crippen LogP contribution in [0.5, 0.6) is 0 Å². The minimum atomic E-state index is 0.484. The molecule has 0 spiro atoms. The third-order valence-electron chi connectivity index (χ3n) is 8.10. The first kappa shape index (κ1) is 23.3. The predicted octanol–water partition coefficient (Wildman–Crippen LogP) is 4.79. The molecule has 1 aromatic carbocycles. The first-order chi connectivity index (χ1) is 16.5. The largest absolute Gasteiger partial charge is 0.425 e. The second-order valence-electron chi connectivity index (χ2n) is 10.8. The van der Waals surface area contributed by atoms with Gasteiger partial charge in [0.05, 0.1) is 6.42 Å². The fourth-order valence-electron chi connectivity index (χ4n) is 5.91. The average Bonchev–Trinajstić information content (AvgIpc) is 3.44. The summed E-state index contributed by atoms with van der Waals surface area (Å²) in [5.74, 6) is 3.96. The first-order valence-electron chi connectivity index (χ1n) is 12.9. The highest BCUT2D eigenvalue weighted by Gasteiger charge is 2.33. The third-order valence-corrected chi connectivity index (χ3v) is 8.10. The Labute approximate surface area is 203 Å². The van der Waals surface area contributed by atoms with Crippen LogP contribution in [0, 0.1) is 23.7 Å². The van der Waals surface area contributed by atoms with E-state index in [1.807, 2.05) is 6.07 Å². The molecule has 182 valence electrons. The lowest BCUT2D eigenvalue weighted by molar-refractivity contribution is 0.112. The Hall–Kier alpha value is -2.44. The molecule has 3 atom stereocenters. The molecule has 3 aromatic rings. The van der Waals surface area contributed by atoms with Gasteiger partial charge in [-0.2, -0.15) is 0 Å². The summed E-state index contributed by atoms with van der Waals surface area (Å²) < 4.78 is 6.13. The van der Waals surface area contributed by atoms with E-state index < -0.39 is 0 Å². The molecule has 1 N–H and O–H groups in total. The first-order valence-corrected chi connectivity index (χ1v) is 12.9. The summed E-state index contributed by atoms with van der Waals surface area (Å²) in [6.45, 7) is 13.0. The van der Waals surface area contributed by atoms with Crippen LogP contribution in [0.15, 0.2) is 46.5 Å². The topological polar surface area (TPSA) is 61.2 Å². The number of hydrogen-bond acceptors (Lipinski definition) is 5. The van der Waals surface area contributed by atoms with Crippen molar-refractivity contribution < 1.29 is 4.42 Å². The summed E-state index contributed by atoms with van der Waals surface area (Å²) in [6, 6.07) is 8.35. The molecule has 1 fully saturated rings. The van der Waals surface area contributed by atoms with Gasteiger partial charge in [-0.3, -0.25) is 0 Å². The van der Waals surface area contributed by atoms with Gasteiger partial charge in [0.2, 0.25) is 11.8 Å². The zero-order chi connectivity index (χ0) is 23.7. The van der Waals surface area contributed by atoms with E-state index in [2.05, 4.69) is 83.3 Å². The maximum Gasteiger partial charge on any atom is 0.221 e. The third kappa shape index (κ3) is 5.13. The Morgan fingerprint density at radius 3 is 2.65 bits per heavy atom. The average molecular weight is 462 g/mol. The summed E-state index contributed by atoms with van der Waals surface area (Å²) in [5.41, 5.74) is 3.84. The number of hydrogen-bond donors (Lipinski definition) is 1. The highest BCUT2D eigenvalue weighted by atomic mass is 16.4. The SMILES string of the molecule is CC1=C[C@@H](CN2CCN(C)CC2)[C@H](C(C)C)C[C@H]1Cc1nnc(Cc2c[nH]c3ccccc23)o1. The molecule has 2 aliphatic rings. The van der Waals surface area contributed by atoms with Gasteiger partial charge < -0.3 is 19.2 Å². The lowest BCUT2D eigenvalue weighted by atomic mass is 9.69. The van der Waals surface area contributed by atoms with E-state index in [0.717, 1.165) is 17.8 Å². The number of nitrogens with zero attached hydrogens (tertiary/aromatic N) is 4. The molecular weight excluding hydrogens is 422 g/mol. The second-order valence-corrected chi connectivity index (χ2v) is 10.8. The van der Waals surface area contributed by atoms with Crippen LogP contribution in [0.2, 0.25) is 0 Å². The number of benzene rings is 1. The van der Waals surface area contributed by atoms with E-state index in [4.69, 9.17) is 4.42 Å². The van der Waals surface area contributed by atoms with Crippen LogP contribution < -0.4 is 0 Å². The van der Waals surface area contributed by atoms with Gasteiger partial charge in [-0.05, 0) is 55.7 Å². The number of aromatic nitrogens is 3. The van der Waals surface area contributed by atoms with Crippen molar-refractivity contribution in [2.75, 3.05) is 39.8 Å². The molecule has 0 saturated carbocycles. The van der Waals surface area contributed by atoms with Crippen molar-refractivity contribution in [3.63, 3.8) is 0 Å². The van der Waals surface area contributed by atoms with Crippen LogP contribution in [-0.4, -0.2) is 64.8 Å². The van der Waals surface area contributed by atoms with E-state index in [0.29, 0.717) is 36.0 Å². The minimum Gasteiger partial charge on any atom is -0.425 e. The quantitative estimate of drug-likeness (QED) is 0.513. The minimum absolute atomic E-state index is 0.484. The van der Waals surface area contributed by atoms with E-state index >= 15 is 0 Å². The number of piperazine rings is 1. The van der Waals surface area contributed by atoms with E-state index in [1.54, 1.807) is 0 Å². The summed E-state index contributed by atoms with van der Waals surface area (Å²) in [6.07, 6.45) is 7.33. The lowest BCUT2D eigenvalue weighted by Gasteiger charge is -2.41. The van der Waals surface area contributed by atoms with E-state index in [-0.39, 0.29) is 0 Å². The highest BCUT2D eigenvalue weighted by Crippen LogP contribution is 2.39. The van der Waals surface area contributed by atoms with E-state index in [1.165, 1.54) is 55.7 Å².